The minimum atomic E-state index is -4.55. The second-order valence-electron chi connectivity index (χ2n) is 10.7. The lowest BCUT2D eigenvalue weighted by Gasteiger charge is -2.43. The maximum Gasteiger partial charge on any atom is 0.416 e. The first-order valence-corrected chi connectivity index (χ1v) is 13.6. The highest BCUT2D eigenvalue weighted by atomic mass is 19.4. The summed E-state index contributed by atoms with van der Waals surface area (Å²) in [5, 5.41) is 14.8. The lowest BCUT2D eigenvalue weighted by Crippen LogP contribution is -2.37. The summed E-state index contributed by atoms with van der Waals surface area (Å²) in [6.07, 6.45) is 1.73. The van der Waals surface area contributed by atoms with Crippen LogP contribution in [0.2, 0.25) is 0 Å². The third kappa shape index (κ3) is 5.26. The van der Waals surface area contributed by atoms with Gasteiger partial charge in [-0.05, 0) is 79.8 Å². The van der Waals surface area contributed by atoms with E-state index in [1.807, 2.05) is 37.6 Å². The Morgan fingerprint density at radius 3 is 2.51 bits per heavy atom. The second kappa shape index (κ2) is 10.6. The number of benzene rings is 2. The number of hydrogen-bond acceptors (Lipinski definition) is 5. The molecule has 1 saturated carbocycles. The van der Waals surface area contributed by atoms with Crippen LogP contribution in [-0.4, -0.2) is 33.8 Å². The van der Waals surface area contributed by atoms with Crippen molar-refractivity contribution in [3.05, 3.63) is 70.3 Å². The minimum Gasteiger partial charge on any atom is -0.385 e. The summed E-state index contributed by atoms with van der Waals surface area (Å²) < 4.78 is 44.4. The van der Waals surface area contributed by atoms with Crippen LogP contribution in [0.1, 0.15) is 78.0 Å². The fraction of sp³-hybridized carbons (Fsp3) is 0.483. The van der Waals surface area contributed by atoms with E-state index in [-0.39, 0.29) is 29.6 Å². The Kier molecular flexibility index (Phi) is 7.41. The summed E-state index contributed by atoms with van der Waals surface area (Å²) in [6.45, 7) is 5.52. The van der Waals surface area contributed by atoms with Gasteiger partial charge in [0.15, 0.2) is 0 Å². The van der Waals surface area contributed by atoms with Crippen molar-refractivity contribution in [3.63, 3.8) is 0 Å². The molecule has 1 fully saturated rings. The number of nitrogens with zero attached hydrogens (tertiary/aromatic N) is 4. The summed E-state index contributed by atoms with van der Waals surface area (Å²) in [6, 6.07) is 8.75. The summed E-state index contributed by atoms with van der Waals surface area (Å²) in [4.78, 5) is 15.2. The number of anilines is 2. The number of hydrogen-bond donors (Lipinski definition) is 2. The van der Waals surface area contributed by atoms with Gasteiger partial charge in [-0.1, -0.05) is 13.3 Å². The highest BCUT2D eigenvalue weighted by Gasteiger charge is 2.43. The summed E-state index contributed by atoms with van der Waals surface area (Å²) in [5.74, 6) is 0.484. The van der Waals surface area contributed by atoms with E-state index in [0.29, 0.717) is 30.8 Å². The molecule has 1 aliphatic carbocycles. The molecule has 5 rings (SSSR count). The van der Waals surface area contributed by atoms with Gasteiger partial charge in [-0.25, -0.2) is 0 Å². The zero-order valence-electron chi connectivity index (χ0n) is 22.7. The summed E-state index contributed by atoms with van der Waals surface area (Å²) >= 11 is 0. The molecule has 0 bridgehead atoms. The lowest BCUT2D eigenvalue weighted by molar-refractivity contribution is -0.138. The van der Waals surface area contributed by atoms with Crippen LogP contribution in [-0.2, 0) is 38.1 Å². The molecule has 2 heterocycles. The third-order valence-electron chi connectivity index (χ3n) is 8.00. The smallest absolute Gasteiger partial charge is 0.385 e. The average molecular weight is 541 g/mol. The van der Waals surface area contributed by atoms with Gasteiger partial charge in [-0.3, -0.25) is 4.79 Å². The van der Waals surface area contributed by atoms with Gasteiger partial charge in [-0.2, -0.15) is 13.2 Å². The first-order valence-electron chi connectivity index (χ1n) is 13.6. The van der Waals surface area contributed by atoms with Crippen molar-refractivity contribution in [2.24, 2.45) is 7.05 Å². The fourth-order valence-electron chi connectivity index (χ4n) is 5.76. The predicted octanol–water partition coefficient (Wildman–Crippen LogP) is 5.59. The molecule has 1 aliphatic heterocycles. The molecular formula is C29H35F3N6O. The zero-order valence-corrected chi connectivity index (χ0v) is 22.7. The quantitative estimate of drug-likeness (QED) is 0.328. The molecule has 2 aliphatic rings. The SMILES string of the molecule is CCCNCc1cc2c(c(C(F)(F)F)c1)CN(c1cc(NCC)cc(C3(Cc4nncn4C)CCC3)c1)C2=O. The second-order valence-corrected chi connectivity index (χ2v) is 10.7. The van der Waals surface area contributed by atoms with E-state index in [1.54, 1.807) is 12.4 Å². The normalized spacial score (nSPS) is 16.4. The average Bonchev–Trinajstić information content (AvgIpc) is 3.43. The molecule has 3 aromatic rings. The van der Waals surface area contributed by atoms with Gasteiger partial charge in [0.25, 0.3) is 5.91 Å². The maximum atomic E-state index is 14.1. The molecule has 7 nitrogen and oxygen atoms in total. The number of rotatable bonds is 10. The molecule has 0 saturated heterocycles. The number of carbonyl (C=O) groups is 1. The Morgan fingerprint density at radius 1 is 1.10 bits per heavy atom. The predicted molar refractivity (Wildman–Crippen MR) is 145 cm³/mol. The third-order valence-corrected chi connectivity index (χ3v) is 8.00. The van der Waals surface area contributed by atoms with Gasteiger partial charge in [0, 0.05) is 48.9 Å². The number of fused-ring (bicyclic) bond motifs is 1. The molecule has 2 aromatic carbocycles. The van der Waals surface area contributed by atoms with E-state index in [1.165, 1.54) is 11.0 Å². The van der Waals surface area contributed by atoms with E-state index < -0.39 is 17.6 Å². The van der Waals surface area contributed by atoms with Crippen molar-refractivity contribution in [3.8, 4) is 0 Å². The minimum absolute atomic E-state index is 0.0413. The molecular weight excluding hydrogens is 505 g/mol. The Balaban J connectivity index is 1.53. The molecule has 10 heteroatoms. The number of aromatic nitrogens is 3. The van der Waals surface area contributed by atoms with Crippen LogP contribution < -0.4 is 15.5 Å². The first kappa shape index (κ1) is 27.2. The number of nitrogens with one attached hydrogen (secondary N) is 2. The number of alkyl halides is 3. The van der Waals surface area contributed by atoms with Crippen LogP contribution in [0.3, 0.4) is 0 Å². The molecule has 0 unspecified atom stereocenters. The number of carbonyl (C=O) groups excluding carboxylic acids is 1. The monoisotopic (exact) mass is 540 g/mol. The number of aryl methyl sites for hydroxylation is 1. The van der Waals surface area contributed by atoms with Crippen molar-refractivity contribution in [1.29, 1.82) is 0 Å². The molecule has 0 atom stereocenters. The molecule has 1 amide bonds. The molecule has 0 radical (unpaired) electrons. The molecule has 39 heavy (non-hydrogen) atoms. The highest BCUT2D eigenvalue weighted by molar-refractivity contribution is 6.10. The number of amides is 1. The topological polar surface area (TPSA) is 75.1 Å². The van der Waals surface area contributed by atoms with Crippen LogP contribution in [0, 0.1) is 0 Å². The molecule has 0 spiro atoms. The molecule has 2 N–H and O–H groups in total. The van der Waals surface area contributed by atoms with Crippen LogP contribution in [0.25, 0.3) is 0 Å². The summed E-state index contributed by atoms with van der Waals surface area (Å²) in [7, 11) is 1.92. The van der Waals surface area contributed by atoms with E-state index in [9.17, 15) is 18.0 Å². The Hall–Kier alpha value is -3.40. The van der Waals surface area contributed by atoms with Gasteiger partial charge in [0.05, 0.1) is 12.1 Å². The highest BCUT2D eigenvalue weighted by Crippen LogP contribution is 2.48. The van der Waals surface area contributed by atoms with Crippen LogP contribution in [0.5, 0.6) is 0 Å². The van der Waals surface area contributed by atoms with Crippen molar-refractivity contribution >= 4 is 17.3 Å². The summed E-state index contributed by atoms with van der Waals surface area (Å²) in [5.41, 5.74) is 2.26. The Labute approximate surface area is 226 Å². The van der Waals surface area contributed by atoms with E-state index in [4.69, 9.17) is 0 Å². The maximum absolute atomic E-state index is 14.1. The van der Waals surface area contributed by atoms with Gasteiger partial charge >= 0.3 is 6.18 Å². The van der Waals surface area contributed by atoms with Crippen molar-refractivity contribution < 1.29 is 18.0 Å². The van der Waals surface area contributed by atoms with Crippen LogP contribution >= 0.6 is 0 Å². The van der Waals surface area contributed by atoms with Gasteiger partial charge in [-0.15, -0.1) is 10.2 Å². The molecule has 1 aromatic heterocycles. The first-order chi connectivity index (χ1) is 18.6. The number of halogens is 3. The van der Waals surface area contributed by atoms with E-state index in [2.05, 4.69) is 26.9 Å². The fourth-order valence-corrected chi connectivity index (χ4v) is 5.76. The van der Waals surface area contributed by atoms with Gasteiger partial charge in [0.1, 0.15) is 12.2 Å². The van der Waals surface area contributed by atoms with E-state index >= 15 is 0 Å². The van der Waals surface area contributed by atoms with Gasteiger partial charge < -0.3 is 20.1 Å². The zero-order chi connectivity index (χ0) is 27.8. The van der Waals surface area contributed by atoms with Crippen LogP contribution in [0.15, 0.2) is 36.7 Å². The van der Waals surface area contributed by atoms with Crippen molar-refractivity contribution in [2.75, 3.05) is 23.3 Å². The Morgan fingerprint density at radius 2 is 1.90 bits per heavy atom. The lowest BCUT2D eigenvalue weighted by atomic mass is 9.62. The standard InChI is InChI=1S/C29H35F3N6O/c1-4-9-33-16-19-10-23-24(25(11-19)29(30,31)32)17-38(27(23)39)22-13-20(12-21(14-22)34-5-2)28(7-6-8-28)15-26-36-35-18-37(26)3/h10-14,18,33-34H,4-9,15-17H2,1-3H3. The van der Waals surface area contributed by atoms with Crippen molar-refractivity contribution in [2.45, 2.75) is 70.6 Å². The van der Waals surface area contributed by atoms with Gasteiger partial charge in [0.2, 0.25) is 0 Å². The largest absolute Gasteiger partial charge is 0.416 e. The molecule has 208 valence electrons. The van der Waals surface area contributed by atoms with E-state index in [0.717, 1.165) is 42.8 Å². The Bertz CT molecular complexity index is 1360. The van der Waals surface area contributed by atoms with Crippen molar-refractivity contribution in [1.82, 2.24) is 20.1 Å². The van der Waals surface area contributed by atoms with Crippen LogP contribution in [0.4, 0.5) is 24.5 Å².